The number of fused-ring (bicyclic) bond motifs is 1. The van der Waals surface area contributed by atoms with Gasteiger partial charge in [0.15, 0.2) is 0 Å². The number of benzene rings is 1. The van der Waals surface area contributed by atoms with Gasteiger partial charge in [-0.1, -0.05) is 12.1 Å². The maximum absolute atomic E-state index is 12.2. The van der Waals surface area contributed by atoms with Crippen molar-refractivity contribution in [2.24, 2.45) is 0 Å². The summed E-state index contributed by atoms with van der Waals surface area (Å²) < 4.78 is 1.16. The van der Waals surface area contributed by atoms with Gasteiger partial charge in [0, 0.05) is 25.9 Å². The highest BCUT2D eigenvalue weighted by Crippen LogP contribution is 2.23. The molecular formula is C20H22N4OS. The fourth-order valence-corrected chi connectivity index (χ4v) is 4.22. The smallest absolute Gasteiger partial charge is 0.225 e. The summed E-state index contributed by atoms with van der Waals surface area (Å²) >= 11 is 1.65. The van der Waals surface area contributed by atoms with Crippen LogP contribution in [0.5, 0.6) is 0 Å². The molecule has 134 valence electrons. The molecule has 1 aliphatic heterocycles. The van der Waals surface area contributed by atoms with E-state index < -0.39 is 0 Å². The molecule has 0 aliphatic carbocycles. The first kappa shape index (κ1) is 17.0. The van der Waals surface area contributed by atoms with Gasteiger partial charge in [0.25, 0.3) is 0 Å². The molecule has 6 heteroatoms. The lowest BCUT2D eigenvalue weighted by molar-refractivity contribution is -0.116. The van der Waals surface area contributed by atoms with E-state index in [0.717, 1.165) is 34.0 Å². The van der Waals surface area contributed by atoms with E-state index in [-0.39, 0.29) is 5.91 Å². The average molecular weight is 366 g/mol. The zero-order chi connectivity index (χ0) is 17.8. The molecule has 0 atom stereocenters. The minimum absolute atomic E-state index is 0.0255. The van der Waals surface area contributed by atoms with Crippen LogP contribution in [-0.2, 0) is 11.2 Å². The zero-order valence-corrected chi connectivity index (χ0v) is 15.5. The van der Waals surface area contributed by atoms with E-state index in [1.165, 1.54) is 19.3 Å². The van der Waals surface area contributed by atoms with Gasteiger partial charge in [-0.2, -0.15) is 0 Å². The van der Waals surface area contributed by atoms with Gasteiger partial charge in [-0.15, -0.1) is 11.3 Å². The van der Waals surface area contributed by atoms with Crippen molar-refractivity contribution < 1.29 is 4.79 Å². The maximum Gasteiger partial charge on any atom is 0.225 e. The second kappa shape index (κ2) is 7.83. The van der Waals surface area contributed by atoms with E-state index in [9.17, 15) is 4.79 Å². The average Bonchev–Trinajstić information content (AvgIpc) is 3.11. The van der Waals surface area contributed by atoms with Crippen LogP contribution < -0.4 is 10.2 Å². The number of carbonyl (C=O) groups excluding carboxylic acids is 1. The number of anilines is 2. The second-order valence-electron chi connectivity index (χ2n) is 6.57. The number of pyridine rings is 1. The summed E-state index contributed by atoms with van der Waals surface area (Å²) in [7, 11) is 0. The van der Waals surface area contributed by atoms with Gasteiger partial charge in [0.2, 0.25) is 5.91 Å². The van der Waals surface area contributed by atoms with Gasteiger partial charge >= 0.3 is 0 Å². The number of aryl methyl sites for hydroxylation is 1. The van der Waals surface area contributed by atoms with Crippen molar-refractivity contribution in [2.75, 3.05) is 23.3 Å². The molecule has 5 nitrogen and oxygen atoms in total. The Hall–Kier alpha value is -2.47. The fourth-order valence-electron chi connectivity index (χ4n) is 3.25. The number of rotatable bonds is 5. The lowest BCUT2D eigenvalue weighted by atomic mass is 10.1. The number of piperidine rings is 1. The normalized spacial score (nSPS) is 14.5. The molecule has 1 aromatic carbocycles. The molecule has 0 radical (unpaired) electrons. The van der Waals surface area contributed by atoms with Gasteiger partial charge < -0.3 is 10.2 Å². The molecule has 0 spiro atoms. The molecule has 3 heterocycles. The molecule has 0 unspecified atom stereocenters. The molecule has 0 bridgehead atoms. The summed E-state index contributed by atoms with van der Waals surface area (Å²) in [5.74, 6) is 0.586. The standard InChI is InChI=1S/C20H22N4OS/c25-19(10-11-20-22-16-6-2-3-7-17(16)26-20)23-18-9-8-15(14-21-18)24-12-4-1-5-13-24/h2-3,6-9,14H,1,4-5,10-13H2,(H,21,23,25). The highest BCUT2D eigenvalue weighted by molar-refractivity contribution is 7.18. The largest absolute Gasteiger partial charge is 0.370 e. The van der Waals surface area contributed by atoms with Gasteiger partial charge in [-0.25, -0.2) is 9.97 Å². The Morgan fingerprint density at radius 1 is 1.12 bits per heavy atom. The summed E-state index contributed by atoms with van der Waals surface area (Å²) in [5.41, 5.74) is 2.14. The van der Waals surface area contributed by atoms with Gasteiger partial charge in [-0.3, -0.25) is 4.79 Å². The highest BCUT2D eigenvalue weighted by atomic mass is 32.1. The maximum atomic E-state index is 12.2. The Balaban J connectivity index is 1.31. The molecule has 4 rings (SSSR count). The molecule has 3 aromatic rings. The first-order chi connectivity index (χ1) is 12.8. The van der Waals surface area contributed by atoms with Crippen molar-refractivity contribution in [3.63, 3.8) is 0 Å². The topological polar surface area (TPSA) is 58.1 Å². The Morgan fingerprint density at radius 3 is 2.73 bits per heavy atom. The summed E-state index contributed by atoms with van der Waals surface area (Å²) in [6, 6.07) is 12.0. The quantitative estimate of drug-likeness (QED) is 0.733. The van der Waals surface area contributed by atoms with Crippen molar-refractivity contribution in [2.45, 2.75) is 32.1 Å². The molecule has 0 saturated carbocycles. The number of nitrogens with zero attached hydrogens (tertiary/aromatic N) is 3. The highest BCUT2D eigenvalue weighted by Gasteiger charge is 2.12. The Kier molecular flexibility index (Phi) is 5.11. The van der Waals surface area contributed by atoms with Crippen LogP contribution in [0.4, 0.5) is 11.5 Å². The van der Waals surface area contributed by atoms with Crippen LogP contribution in [0.25, 0.3) is 10.2 Å². The van der Waals surface area contributed by atoms with Crippen LogP contribution in [0.15, 0.2) is 42.6 Å². The van der Waals surface area contributed by atoms with Crippen LogP contribution >= 0.6 is 11.3 Å². The van der Waals surface area contributed by atoms with E-state index in [4.69, 9.17) is 0 Å². The van der Waals surface area contributed by atoms with Gasteiger partial charge in [0.05, 0.1) is 27.1 Å². The van der Waals surface area contributed by atoms with Crippen molar-refractivity contribution in [3.05, 3.63) is 47.6 Å². The number of carbonyl (C=O) groups is 1. The number of nitrogens with one attached hydrogen (secondary N) is 1. The van der Waals surface area contributed by atoms with Crippen LogP contribution in [-0.4, -0.2) is 29.0 Å². The van der Waals surface area contributed by atoms with Crippen LogP contribution in [0.1, 0.15) is 30.7 Å². The first-order valence-electron chi connectivity index (χ1n) is 9.13. The van der Waals surface area contributed by atoms with Crippen molar-refractivity contribution in [1.82, 2.24) is 9.97 Å². The number of thiazole rings is 1. The Bertz CT molecular complexity index is 851. The Morgan fingerprint density at radius 2 is 1.96 bits per heavy atom. The number of hydrogen-bond donors (Lipinski definition) is 1. The first-order valence-corrected chi connectivity index (χ1v) is 9.95. The number of para-hydroxylation sites is 1. The van der Waals surface area contributed by atoms with E-state index in [1.807, 2.05) is 36.5 Å². The van der Waals surface area contributed by atoms with E-state index >= 15 is 0 Å². The zero-order valence-electron chi connectivity index (χ0n) is 14.6. The lowest BCUT2D eigenvalue weighted by Crippen LogP contribution is -2.29. The molecule has 1 fully saturated rings. The van der Waals surface area contributed by atoms with Crippen molar-refractivity contribution in [3.8, 4) is 0 Å². The van der Waals surface area contributed by atoms with E-state index in [0.29, 0.717) is 18.7 Å². The molecule has 1 N–H and O–H groups in total. The van der Waals surface area contributed by atoms with Gasteiger partial charge in [0.1, 0.15) is 5.82 Å². The molecular weight excluding hydrogens is 344 g/mol. The van der Waals surface area contributed by atoms with E-state index in [2.05, 4.69) is 26.3 Å². The van der Waals surface area contributed by atoms with E-state index in [1.54, 1.807) is 11.3 Å². The van der Waals surface area contributed by atoms with Crippen LogP contribution in [0.3, 0.4) is 0 Å². The summed E-state index contributed by atoms with van der Waals surface area (Å²) in [4.78, 5) is 23.5. The number of hydrogen-bond acceptors (Lipinski definition) is 5. The summed E-state index contributed by atoms with van der Waals surface area (Å²) in [6.07, 6.45) is 6.71. The third-order valence-electron chi connectivity index (χ3n) is 4.64. The summed E-state index contributed by atoms with van der Waals surface area (Å²) in [6.45, 7) is 2.19. The molecule has 1 saturated heterocycles. The minimum Gasteiger partial charge on any atom is -0.370 e. The molecule has 2 aromatic heterocycles. The predicted octanol–water partition coefficient (Wildman–Crippen LogP) is 4.25. The SMILES string of the molecule is O=C(CCc1nc2ccccc2s1)Nc1ccc(N2CCCCC2)cn1. The fraction of sp³-hybridized carbons (Fsp3) is 0.350. The third-order valence-corrected chi connectivity index (χ3v) is 5.74. The molecule has 1 aliphatic rings. The van der Waals surface area contributed by atoms with Gasteiger partial charge in [-0.05, 0) is 43.5 Å². The third kappa shape index (κ3) is 4.02. The van der Waals surface area contributed by atoms with Crippen molar-refractivity contribution >= 4 is 39.0 Å². The summed E-state index contributed by atoms with van der Waals surface area (Å²) in [5, 5.41) is 3.88. The lowest BCUT2D eigenvalue weighted by Gasteiger charge is -2.28. The monoisotopic (exact) mass is 366 g/mol. The number of aromatic nitrogens is 2. The van der Waals surface area contributed by atoms with Crippen molar-refractivity contribution in [1.29, 1.82) is 0 Å². The predicted molar refractivity (Wildman–Crippen MR) is 107 cm³/mol. The molecule has 1 amide bonds. The number of amides is 1. The molecule has 26 heavy (non-hydrogen) atoms. The second-order valence-corrected chi connectivity index (χ2v) is 7.69. The van der Waals surface area contributed by atoms with Crippen LogP contribution in [0.2, 0.25) is 0 Å². The Labute approximate surface area is 157 Å². The van der Waals surface area contributed by atoms with Crippen LogP contribution in [0, 0.1) is 0 Å². The minimum atomic E-state index is -0.0255.